The highest BCUT2D eigenvalue weighted by molar-refractivity contribution is 7.14. The molecule has 0 aliphatic rings. The Morgan fingerprint density at radius 2 is 2.19 bits per heavy atom. The Labute approximate surface area is 124 Å². The molecule has 0 saturated heterocycles. The summed E-state index contributed by atoms with van der Waals surface area (Å²) in [7, 11) is 0. The van der Waals surface area contributed by atoms with Gasteiger partial charge in [-0.05, 0) is 43.2 Å². The van der Waals surface area contributed by atoms with E-state index in [0.717, 1.165) is 11.3 Å². The van der Waals surface area contributed by atoms with Crippen molar-refractivity contribution in [3.8, 4) is 0 Å². The van der Waals surface area contributed by atoms with Gasteiger partial charge in [-0.1, -0.05) is 6.92 Å². The molecule has 0 atom stereocenters. The number of anilines is 1. The Kier molecular flexibility index (Phi) is 3.39. The van der Waals surface area contributed by atoms with E-state index in [9.17, 15) is 9.59 Å². The summed E-state index contributed by atoms with van der Waals surface area (Å²) in [5, 5.41) is 2.83. The van der Waals surface area contributed by atoms with Crippen molar-refractivity contribution in [2.45, 2.75) is 20.3 Å². The summed E-state index contributed by atoms with van der Waals surface area (Å²) in [4.78, 5) is 27.8. The number of H-pyrrole nitrogens is 1. The SMILES string of the molecule is CCc1cc(C(=O)Nc2ccc3oc(=O)[nH]c3c2)sc1C. The van der Waals surface area contributed by atoms with Crippen LogP contribution in [0.3, 0.4) is 0 Å². The molecule has 0 aliphatic carbocycles. The van der Waals surface area contributed by atoms with Crippen molar-refractivity contribution < 1.29 is 9.21 Å². The fourth-order valence-electron chi connectivity index (χ4n) is 2.21. The molecule has 3 rings (SSSR count). The Balaban J connectivity index is 1.86. The Morgan fingerprint density at radius 1 is 1.38 bits per heavy atom. The number of carbonyl (C=O) groups excluding carboxylic acids is 1. The van der Waals surface area contributed by atoms with E-state index in [1.54, 1.807) is 18.2 Å². The first-order chi connectivity index (χ1) is 10.1. The number of carbonyl (C=O) groups is 1. The molecule has 6 heteroatoms. The molecule has 5 nitrogen and oxygen atoms in total. The molecule has 0 aliphatic heterocycles. The maximum Gasteiger partial charge on any atom is 0.417 e. The number of rotatable bonds is 3. The first-order valence-electron chi connectivity index (χ1n) is 6.60. The minimum atomic E-state index is -0.505. The van der Waals surface area contributed by atoms with E-state index in [0.29, 0.717) is 21.7 Å². The van der Waals surface area contributed by atoms with Gasteiger partial charge in [-0.25, -0.2) is 4.79 Å². The summed E-state index contributed by atoms with van der Waals surface area (Å²) in [5.74, 6) is -0.650. The number of hydrogen-bond acceptors (Lipinski definition) is 4. The van der Waals surface area contributed by atoms with Gasteiger partial charge in [0.05, 0.1) is 10.4 Å². The fraction of sp³-hybridized carbons (Fsp3) is 0.200. The highest BCUT2D eigenvalue weighted by atomic mass is 32.1. The van der Waals surface area contributed by atoms with Crippen LogP contribution in [0.2, 0.25) is 0 Å². The summed E-state index contributed by atoms with van der Waals surface area (Å²) in [5.41, 5.74) is 2.85. The molecule has 0 radical (unpaired) electrons. The number of nitrogens with one attached hydrogen (secondary N) is 2. The zero-order chi connectivity index (χ0) is 15.0. The summed E-state index contributed by atoms with van der Waals surface area (Å²) >= 11 is 1.49. The van der Waals surface area contributed by atoms with Crippen molar-refractivity contribution in [2.75, 3.05) is 5.32 Å². The Morgan fingerprint density at radius 3 is 2.90 bits per heavy atom. The average molecular weight is 302 g/mol. The van der Waals surface area contributed by atoms with Crippen molar-refractivity contribution in [3.63, 3.8) is 0 Å². The smallest absolute Gasteiger partial charge is 0.408 e. The van der Waals surface area contributed by atoms with E-state index in [1.165, 1.54) is 16.9 Å². The van der Waals surface area contributed by atoms with Gasteiger partial charge >= 0.3 is 5.76 Å². The van der Waals surface area contributed by atoms with Crippen LogP contribution in [0.15, 0.2) is 33.5 Å². The molecule has 2 N–H and O–H groups in total. The lowest BCUT2D eigenvalue weighted by atomic mass is 10.2. The van der Waals surface area contributed by atoms with Crippen molar-refractivity contribution >= 4 is 34.0 Å². The number of fused-ring (bicyclic) bond motifs is 1. The molecule has 108 valence electrons. The van der Waals surface area contributed by atoms with Gasteiger partial charge in [-0.3, -0.25) is 9.78 Å². The van der Waals surface area contributed by atoms with E-state index in [4.69, 9.17) is 4.42 Å². The van der Waals surface area contributed by atoms with Crippen molar-refractivity contribution in [2.24, 2.45) is 0 Å². The molecule has 0 bridgehead atoms. The molecule has 0 unspecified atom stereocenters. The topological polar surface area (TPSA) is 75.1 Å². The second-order valence-electron chi connectivity index (χ2n) is 4.73. The molecule has 0 spiro atoms. The van der Waals surface area contributed by atoms with Crippen LogP contribution in [0.5, 0.6) is 0 Å². The van der Waals surface area contributed by atoms with Crippen LogP contribution in [-0.2, 0) is 6.42 Å². The summed E-state index contributed by atoms with van der Waals surface area (Å²) < 4.78 is 4.92. The van der Waals surface area contributed by atoms with E-state index in [2.05, 4.69) is 17.2 Å². The largest absolute Gasteiger partial charge is 0.417 e. The quantitative estimate of drug-likeness (QED) is 0.779. The molecule has 2 heterocycles. The van der Waals surface area contributed by atoms with Crippen LogP contribution in [0.25, 0.3) is 11.1 Å². The van der Waals surface area contributed by atoms with Gasteiger partial charge in [-0.15, -0.1) is 11.3 Å². The lowest BCUT2D eigenvalue weighted by Crippen LogP contribution is -2.10. The zero-order valence-corrected chi connectivity index (χ0v) is 12.5. The summed E-state index contributed by atoms with van der Waals surface area (Å²) in [6, 6.07) is 6.96. The van der Waals surface area contributed by atoms with Crippen LogP contribution in [0.4, 0.5) is 5.69 Å². The molecule has 3 aromatic rings. The van der Waals surface area contributed by atoms with E-state index >= 15 is 0 Å². The Bertz CT molecular complexity index is 873. The number of oxazole rings is 1. The maximum atomic E-state index is 12.2. The van der Waals surface area contributed by atoms with E-state index in [-0.39, 0.29) is 5.91 Å². The molecule has 21 heavy (non-hydrogen) atoms. The number of thiophene rings is 1. The minimum Gasteiger partial charge on any atom is -0.408 e. The van der Waals surface area contributed by atoms with Gasteiger partial charge < -0.3 is 9.73 Å². The molecule has 0 saturated carbocycles. The molecule has 0 fully saturated rings. The standard InChI is InChI=1S/C15H14N2O3S/c1-3-9-6-13(21-8(9)2)14(18)16-10-4-5-12-11(7-10)17-15(19)20-12/h4-7H,3H2,1-2H3,(H,16,18)(H,17,19). The second kappa shape index (κ2) is 5.21. The monoisotopic (exact) mass is 302 g/mol. The first-order valence-corrected chi connectivity index (χ1v) is 7.42. The molecule has 2 aromatic heterocycles. The zero-order valence-electron chi connectivity index (χ0n) is 11.6. The van der Waals surface area contributed by atoms with Gasteiger partial charge in [0, 0.05) is 10.6 Å². The molecule has 1 aromatic carbocycles. The molecule has 1 amide bonds. The number of aryl methyl sites for hydroxylation is 2. The van der Waals surface area contributed by atoms with Gasteiger partial charge in [0.1, 0.15) is 0 Å². The molecular formula is C15H14N2O3S. The highest BCUT2D eigenvalue weighted by Crippen LogP contribution is 2.23. The van der Waals surface area contributed by atoms with Crippen LogP contribution >= 0.6 is 11.3 Å². The summed E-state index contributed by atoms with van der Waals surface area (Å²) in [6.07, 6.45) is 0.915. The Hall–Kier alpha value is -2.34. The van der Waals surface area contributed by atoms with Gasteiger partial charge in [-0.2, -0.15) is 0 Å². The number of aromatic nitrogens is 1. The van der Waals surface area contributed by atoms with Crippen molar-refractivity contribution in [1.29, 1.82) is 0 Å². The van der Waals surface area contributed by atoms with E-state index < -0.39 is 5.76 Å². The van der Waals surface area contributed by atoms with Crippen LogP contribution < -0.4 is 11.1 Å². The average Bonchev–Trinajstić information content (AvgIpc) is 3.00. The summed E-state index contributed by atoms with van der Waals surface area (Å²) in [6.45, 7) is 4.09. The number of benzene rings is 1. The normalized spacial score (nSPS) is 11.0. The lowest BCUT2D eigenvalue weighted by molar-refractivity contribution is 0.103. The van der Waals surface area contributed by atoms with Gasteiger partial charge in [0.25, 0.3) is 5.91 Å². The minimum absolute atomic E-state index is 0.145. The number of amides is 1. The predicted molar refractivity (Wildman–Crippen MR) is 83.2 cm³/mol. The van der Waals surface area contributed by atoms with Gasteiger partial charge in [0.2, 0.25) is 0 Å². The second-order valence-corrected chi connectivity index (χ2v) is 5.98. The number of aromatic amines is 1. The maximum absolute atomic E-state index is 12.2. The van der Waals surface area contributed by atoms with E-state index in [1.807, 2.05) is 13.0 Å². The third-order valence-corrected chi connectivity index (χ3v) is 4.39. The first kappa shape index (κ1) is 13.6. The van der Waals surface area contributed by atoms with Crippen LogP contribution in [-0.4, -0.2) is 10.9 Å². The highest BCUT2D eigenvalue weighted by Gasteiger charge is 2.12. The van der Waals surface area contributed by atoms with Gasteiger partial charge in [0.15, 0.2) is 5.58 Å². The molecular weight excluding hydrogens is 288 g/mol. The van der Waals surface area contributed by atoms with Crippen LogP contribution in [0, 0.1) is 6.92 Å². The third kappa shape index (κ3) is 2.62. The number of hydrogen-bond donors (Lipinski definition) is 2. The van der Waals surface area contributed by atoms with Crippen molar-refractivity contribution in [1.82, 2.24) is 4.98 Å². The van der Waals surface area contributed by atoms with Crippen molar-refractivity contribution in [3.05, 3.63) is 50.1 Å². The third-order valence-electron chi connectivity index (χ3n) is 3.30. The predicted octanol–water partition coefficient (Wildman–Crippen LogP) is 3.31. The fourth-order valence-corrected chi connectivity index (χ4v) is 3.21. The van der Waals surface area contributed by atoms with Crippen LogP contribution in [0.1, 0.15) is 27.0 Å². The lowest BCUT2D eigenvalue weighted by Gasteiger charge is -2.02.